The van der Waals surface area contributed by atoms with Crippen molar-refractivity contribution in [1.82, 2.24) is 19.2 Å². The summed E-state index contributed by atoms with van der Waals surface area (Å²) in [4.78, 5) is 10.2. The fourth-order valence-electron chi connectivity index (χ4n) is 5.01. The first kappa shape index (κ1) is 28.3. The molecule has 2 aromatic carbocycles. The molecule has 2 fully saturated rings. The standard InChI is InChI=1S/C27H31F3N6O3S/c1-19-16-21(4-7-23(19)28)32-24-8-12-31-25(34-24)33-20-2-5-22(6-3-20)40(38,39)36-14-9-26(37,10-15-36)17-35-13-11-27(29,30)18-35/h2-8,12,16,37H,9-11,13-15,17-18H2,1H3,(H2,31,32,33,34). The van der Waals surface area contributed by atoms with Gasteiger partial charge in [0.05, 0.1) is 17.0 Å². The maximum atomic E-state index is 13.5. The van der Waals surface area contributed by atoms with Crippen molar-refractivity contribution in [2.24, 2.45) is 0 Å². The topological polar surface area (TPSA) is 111 Å². The largest absolute Gasteiger partial charge is 0.388 e. The predicted octanol–water partition coefficient (Wildman–Crippen LogP) is 4.27. The molecule has 13 heteroatoms. The monoisotopic (exact) mass is 576 g/mol. The van der Waals surface area contributed by atoms with E-state index >= 15 is 0 Å². The van der Waals surface area contributed by atoms with Gasteiger partial charge in [0.15, 0.2) is 0 Å². The molecule has 2 aliphatic rings. The number of rotatable bonds is 8. The Hall–Kier alpha value is -3.26. The molecule has 0 atom stereocenters. The van der Waals surface area contributed by atoms with Crippen molar-refractivity contribution < 1.29 is 26.7 Å². The minimum absolute atomic E-state index is 0.101. The van der Waals surface area contributed by atoms with Crippen LogP contribution in [0.1, 0.15) is 24.8 Å². The summed E-state index contributed by atoms with van der Waals surface area (Å²) in [6.45, 7) is 1.83. The van der Waals surface area contributed by atoms with Gasteiger partial charge in [0.25, 0.3) is 5.92 Å². The van der Waals surface area contributed by atoms with Crippen LogP contribution in [0.3, 0.4) is 0 Å². The number of anilines is 4. The van der Waals surface area contributed by atoms with Gasteiger partial charge in [0.1, 0.15) is 11.6 Å². The number of sulfonamides is 1. The van der Waals surface area contributed by atoms with E-state index in [-0.39, 0.29) is 68.6 Å². The number of nitrogens with one attached hydrogen (secondary N) is 2. The molecule has 0 spiro atoms. The number of piperidine rings is 1. The Morgan fingerprint density at radius 2 is 1.68 bits per heavy atom. The summed E-state index contributed by atoms with van der Waals surface area (Å²) in [5.74, 6) is -2.26. The highest BCUT2D eigenvalue weighted by atomic mass is 32.2. The number of aliphatic hydroxyl groups is 1. The number of hydrogen-bond donors (Lipinski definition) is 3. The molecule has 3 N–H and O–H groups in total. The summed E-state index contributed by atoms with van der Waals surface area (Å²) in [6.07, 6.45) is 1.68. The molecule has 2 aliphatic heterocycles. The lowest BCUT2D eigenvalue weighted by Crippen LogP contribution is -2.52. The first-order chi connectivity index (χ1) is 18.9. The molecule has 0 aliphatic carbocycles. The number of likely N-dealkylation sites (tertiary alicyclic amines) is 1. The molecule has 3 heterocycles. The zero-order valence-electron chi connectivity index (χ0n) is 21.9. The highest BCUT2D eigenvalue weighted by Gasteiger charge is 2.43. The minimum atomic E-state index is -3.80. The third-order valence-electron chi connectivity index (χ3n) is 7.25. The molecular weight excluding hydrogens is 545 g/mol. The van der Waals surface area contributed by atoms with Gasteiger partial charge >= 0.3 is 0 Å². The van der Waals surface area contributed by atoms with Crippen LogP contribution >= 0.6 is 0 Å². The minimum Gasteiger partial charge on any atom is -0.388 e. The van der Waals surface area contributed by atoms with Gasteiger partial charge in [-0.3, -0.25) is 4.90 Å². The van der Waals surface area contributed by atoms with Crippen LogP contribution in [0.4, 0.5) is 36.3 Å². The van der Waals surface area contributed by atoms with E-state index in [4.69, 9.17) is 0 Å². The fourth-order valence-corrected chi connectivity index (χ4v) is 6.45. The van der Waals surface area contributed by atoms with Gasteiger partial charge in [-0.1, -0.05) is 0 Å². The van der Waals surface area contributed by atoms with E-state index < -0.39 is 21.5 Å². The van der Waals surface area contributed by atoms with Crippen molar-refractivity contribution >= 4 is 33.2 Å². The average molecular weight is 577 g/mol. The van der Waals surface area contributed by atoms with Crippen LogP contribution in [-0.4, -0.2) is 76.9 Å². The molecule has 214 valence electrons. The second-order valence-corrected chi connectivity index (χ2v) is 12.4. The Morgan fingerprint density at radius 1 is 0.975 bits per heavy atom. The van der Waals surface area contributed by atoms with Crippen LogP contribution in [0, 0.1) is 12.7 Å². The normalized spacial score (nSPS) is 19.4. The quantitative estimate of drug-likeness (QED) is 0.365. The van der Waals surface area contributed by atoms with Crippen LogP contribution in [-0.2, 0) is 10.0 Å². The number of benzene rings is 2. The van der Waals surface area contributed by atoms with E-state index in [1.807, 2.05) is 0 Å². The van der Waals surface area contributed by atoms with Gasteiger partial charge in [0.2, 0.25) is 16.0 Å². The van der Waals surface area contributed by atoms with Crippen molar-refractivity contribution in [1.29, 1.82) is 0 Å². The lowest BCUT2D eigenvalue weighted by atomic mass is 9.92. The van der Waals surface area contributed by atoms with Crippen molar-refractivity contribution in [3.05, 3.63) is 66.1 Å². The molecule has 0 amide bonds. The zero-order chi connectivity index (χ0) is 28.5. The molecule has 0 unspecified atom stereocenters. The predicted molar refractivity (Wildman–Crippen MR) is 145 cm³/mol. The van der Waals surface area contributed by atoms with E-state index in [0.717, 1.165) is 0 Å². The van der Waals surface area contributed by atoms with E-state index in [1.165, 1.54) is 22.5 Å². The Morgan fingerprint density at radius 3 is 2.33 bits per heavy atom. The first-order valence-electron chi connectivity index (χ1n) is 13.0. The maximum absolute atomic E-state index is 13.5. The molecule has 5 rings (SSSR count). The average Bonchev–Trinajstić information content (AvgIpc) is 3.24. The van der Waals surface area contributed by atoms with E-state index in [1.54, 1.807) is 48.4 Å². The van der Waals surface area contributed by atoms with E-state index in [2.05, 4.69) is 20.6 Å². The van der Waals surface area contributed by atoms with E-state index in [0.29, 0.717) is 22.8 Å². The van der Waals surface area contributed by atoms with Gasteiger partial charge in [-0.05, 0) is 73.9 Å². The molecule has 3 aromatic rings. The SMILES string of the molecule is Cc1cc(Nc2ccnc(Nc3ccc(S(=O)(=O)N4CCC(O)(CN5CCC(F)(F)C5)CC4)cc3)n2)ccc1F. The Bertz CT molecular complexity index is 1460. The number of β-amino-alcohol motifs (C(OH)–C–C–N with tert-alkyl or cyclic N) is 1. The van der Waals surface area contributed by atoms with Crippen molar-refractivity contribution in [2.45, 2.75) is 42.6 Å². The smallest absolute Gasteiger partial charge is 0.261 e. The van der Waals surface area contributed by atoms with Crippen molar-refractivity contribution in [3.63, 3.8) is 0 Å². The highest BCUT2D eigenvalue weighted by Crippen LogP contribution is 2.32. The molecule has 1 aromatic heterocycles. The maximum Gasteiger partial charge on any atom is 0.261 e. The van der Waals surface area contributed by atoms with Crippen LogP contribution in [0.5, 0.6) is 0 Å². The number of halogens is 3. The second kappa shape index (κ2) is 11.0. The second-order valence-electron chi connectivity index (χ2n) is 10.4. The third kappa shape index (κ3) is 6.54. The Labute approximate surface area is 231 Å². The van der Waals surface area contributed by atoms with Gasteiger partial charge < -0.3 is 15.7 Å². The van der Waals surface area contributed by atoms with Crippen LogP contribution < -0.4 is 10.6 Å². The molecule has 0 bridgehead atoms. The zero-order valence-corrected chi connectivity index (χ0v) is 22.8. The molecule has 2 saturated heterocycles. The molecular formula is C27H31F3N6O3S. The summed E-state index contributed by atoms with van der Waals surface area (Å²) >= 11 is 0. The van der Waals surface area contributed by atoms with E-state index in [9.17, 15) is 26.7 Å². The number of aromatic nitrogens is 2. The lowest BCUT2D eigenvalue weighted by molar-refractivity contribution is -0.0398. The summed E-state index contributed by atoms with van der Waals surface area (Å²) in [5, 5.41) is 17.0. The first-order valence-corrected chi connectivity index (χ1v) is 14.4. The molecule has 0 radical (unpaired) electrons. The Balaban J connectivity index is 1.18. The van der Waals surface area contributed by atoms with Crippen LogP contribution in [0.2, 0.25) is 0 Å². The highest BCUT2D eigenvalue weighted by molar-refractivity contribution is 7.89. The molecule has 40 heavy (non-hydrogen) atoms. The summed E-state index contributed by atoms with van der Waals surface area (Å²) in [7, 11) is -3.80. The summed E-state index contributed by atoms with van der Waals surface area (Å²) in [5.41, 5.74) is 0.553. The van der Waals surface area contributed by atoms with Gasteiger partial charge in [-0.2, -0.15) is 9.29 Å². The third-order valence-corrected chi connectivity index (χ3v) is 9.17. The molecule has 0 saturated carbocycles. The van der Waals surface area contributed by atoms with Gasteiger partial charge in [-0.15, -0.1) is 0 Å². The molecule has 9 nitrogen and oxygen atoms in total. The summed E-state index contributed by atoms with van der Waals surface area (Å²) < 4.78 is 68.3. The van der Waals surface area contributed by atoms with Crippen LogP contribution in [0.25, 0.3) is 0 Å². The van der Waals surface area contributed by atoms with Crippen molar-refractivity contribution in [2.75, 3.05) is 43.4 Å². The number of aryl methyl sites for hydroxylation is 1. The fraction of sp³-hybridized carbons (Fsp3) is 0.407. The number of nitrogens with zero attached hydrogens (tertiary/aromatic N) is 4. The lowest BCUT2D eigenvalue weighted by Gasteiger charge is -2.39. The van der Waals surface area contributed by atoms with Gasteiger partial charge in [-0.25, -0.2) is 26.6 Å². The summed E-state index contributed by atoms with van der Waals surface area (Å²) in [6, 6.07) is 12.5. The number of hydrogen-bond acceptors (Lipinski definition) is 8. The van der Waals surface area contributed by atoms with Crippen LogP contribution in [0.15, 0.2) is 59.6 Å². The van der Waals surface area contributed by atoms with Crippen molar-refractivity contribution in [3.8, 4) is 0 Å². The Kier molecular flexibility index (Phi) is 7.75. The number of alkyl halides is 2. The van der Waals surface area contributed by atoms with Gasteiger partial charge in [0, 0.05) is 50.2 Å².